The van der Waals surface area contributed by atoms with Gasteiger partial charge in [-0.25, -0.2) is 12.8 Å². The maximum absolute atomic E-state index is 14.2. The minimum absolute atomic E-state index is 0.00129. The van der Waals surface area contributed by atoms with Crippen LogP contribution in [0.1, 0.15) is 22.6 Å². The third-order valence-electron chi connectivity index (χ3n) is 6.05. The van der Waals surface area contributed by atoms with Gasteiger partial charge in [0.2, 0.25) is 5.88 Å². The van der Waals surface area contributed by atoms with Crippen LogP contribution in [0.15, 0.2) is 89.2 Å². The van der Waals surface area contributed by atoms with Crippen LogP contribution >= 0.6 is 0 Å². The Morgan fingerprint density at radius 2 is 1.77 bits per heavy atom. The minimum Gasteiger partial charge on any atom is -0.497 e. The maximum atomic E-state index is 14.2. The molecular weight excluding hydrogens is 469 g/mol. The normalized spacial score (nSPS) is 18.3. The predicted molar refractivity (Wildman–Crippen MR) is 129 cm³/mol. The number of sulfonamides is 1. The summed E-state index contributed by atoms with van der Waals surface area (Å²) >= 11 is 0. The Balaban J connectivity index is 1.73. The standard InChI is InChI=1S/C26H20FN3O4S/c1-33-19-12-8-17(9-13-19)23-21(14-28)26(29)34-24-20-4-2-3-5-22(20)30(35(31,32)25(23)24)15-16-6-10-18(27)11-7-16/h2-13,23H,15,29H2,1H3/t23-/m0/s1. The van der Waals surface area contributed by atoms with Gasteiger partial charge in [-0.3, -0.25) is 4.31 Å². The van der Waals surface area contributed by atoms with Gasteiger partial charge >= 0.3 is 0 Å². The summed E-state index contributed by atoms with van der Waals surface area (Å²) in [5.41, 5.74) is 8.20. The Kier molecular flexibility index (Phi) is 5.46. The molecule has 2 heterocycles. The molecule has 0 aliphatic carbocycles. The molecule has 0 unspecified atom stereocenters. The molecule has 0 spiro atoms. The summed E-state index contributed by atoms with van der Waals surface area (Å²) in [6, 6.07) is 21.4. The number of nitrogens with zero attached hydrogens (tertiary/aromatic N) is 2. The molecule has 0 amide bonds. The van der Waals surface area contributed by atoms with Crippen LogP contribution in [0.2, 0.25) is 0 Å². The molecule has 5 rings (SSSR count). The molecule has 0 bridgehead atoms. The van der Waals surface area contributed by atoms with Gasteiger partial charge in [-0.05, 0) is 47.5 Å². The molecule has 0 saturated carbocycles. The molecule has 7 nitrogen and oxygen atoms in total. The van der Waals surface area contributed by atoms with Crippen LogP contribution in [0.3, 0.4) is 0 Å². The van der Waals surface area contributed by atoms with Crippen LogP contribution in [0, 0.1) is 17.1 Å². The number of nitrogens with two attached hydrogens (primary N) is 1. The largest absolute Gasteiger partial charge is 0.497 e. The Hall–Kier alpha value is -4.29. The number of para-hydroxylation sites is 1. The summed E-state index contributed by atoms with van der Waals surface area (Å²) in [4.78, 5) is -0.0748. The molecular formula is C26H20FN3O4S. The van der Waals surface area contributed by atoms with Crippen LogP contribution < -0.4 is 14.8 Å². The minimum atomic E-state index is -4.20. The maximum Gasteiger partial charge on any atom is 0.265 e. The van der Waals surface area contributed by atoms with E-state index in [-0.39, 0.29) is 28.7 Å². The van der Waals surface area contributed by atoms with Gasteiger partial charge in [0.15, 0.2) is 5.76 Å². The van der Waals surface area contributed by atoms with E-state index in [2.05, 4.69) is 0 Å². The Bertz CT molecular complexity index is 1520. The molecule has 3 aromatic carbocycles. The number of hydrogen-bond donors (Lipinski definition) is 1. The second-order valence-corrected chi connectivity index (χ2v) is 9.88. The molecule has 35 heavy (non-hydrogen) atoms. The van der Waals surface area contributed by atoms with E-state index in [9.17, 15) is 18.1 Å². The lowest BCUT2D eigenvalue weighted by molar-refractivity contribution is 0.357. The van der Waals surface area contributed by atoms with Crippen molar-refractivity contribution in [2.45, 2.75) is 12.5 Å². The third-order valence-corrected chi connectivity index (χ3v) is 7.93. The Morgan fingerprint density at radius 3 is 2.43 bits per heavy atom. The van der Waals surface area contributed by atoms with E-state index in [1.165, 1.54) is 35.7 Å². The Labute approximate surface area is 202 Å². The quantitative estimate of drug-likeness (QED) is 0.584. The van der Waals surface area contributed by atoms with Crippen molar-refractivity contribution in [2.24, 2.45) is 5.73 Å². The zero-order chi connectivity index (χ0) is 24.7. The second-order valence-electron chi connectivity index (χ2n) is 8.05. The zero-order valence-corrected chi connectivity index (χ0v) is 19.4. The van der Waals surface area contributed by atoms with E-state index in [0.717, 1.165) is 0 Å². The predicted octanol–water partition coefficient (Wildman–Crippen LogP) is 4.36. The van der Waals surface area contributed by atoms with Gasteiger partial charge in [0.05, 0.1) is 25.3 Å². The fourth-order valence-electron chi connectivity index (χ4n) is 4.36. The van der Waals surface area contributed by atoms with Crippen molar-refractivity contribution in [1.82, 2.24) is 0 Å². The average molecular weight is 490 g/mol. The van der Waals surface area contributed by atoms with Gasteiger partial charge in [-0.2, -0.15) is 5.26 Å². The summed E-state index contributed by atoms with van der Waals surface area (Å²) in [6.07, 6.45) is 0. The molecule has 0 fully saturated rings. The van der Waals surface area contributed by atoms with Gasteiger partial charge in [0.1, 0.15) is 28.1 Å². The SMILES string of the molecule is COc1ccc([C@H]2C(C#N)=C(N)OC3=C2S(=O)(=O)N(Cc2ccc(F)cc2)c2ccccc23)cc1. The molecule has 2 N–H and O–H groups in total. The number of benzene rings is 3. The van der Waals surface area contributed by atoms with Crippen LogP contribution in [-0.2, 0) is 21.3 Å². The summed E-state index contributed by atoms with van der Waals surface area (Å²) in [5.74, 6) is -0.874. The lowest BCUT2D eigenvalue weighted by atomic mass is 9.88. The first-order chi connectivity index (χ1) is 16.8. The molecule has 176 valence electrons. The Morgan fingerprint density at radius 1 is 1.09 bits per heavy atom. The van der Waals surface area contributed by atoms with Crippen molar-refractivity contribution in [2.75, 3.05) is 11.4 Å². The molecule has 1 atom stereocenters. The van der Waals surface area contributed by atoms with Crippen LogP contribution in [0.4, 0.5) is 10.1 Å². The van der Waals surface area contributed by atoms with E-state index < -0.39 is 21.8 Å². The van der Waals surface area contributed by atoms with E-state index in [0.29, 0.717) is 28.1 Å². The van der Waals surface area contributed by atoms with E-state index in [4.69, 9.17) is 15.2 Å². The number of anilines is 1. The summed E-state index contributed by atoms with van der Waals surface area (Å²) in [7, 11) is -2.68. The molecule has 0 saturated heterocycles. The lowest BCUT2D eigenvalue weighted by Crippen LogP contribution is -2.39. The summed E-state index contributed by atoms with van der Waals surface area (Å²) in [5, 5.41) is 9.92. The van der Waals surface area contributed by atoms with Crippen molar-refractivity contribution in [3.05, 3.63) is 112 Å². The molecule has 0 radical (unpaired) electrons. The average Bonchev–Trinajstić information content (AvgIpc) is 2.87. The van der Waals surface area contributed by atoms with Crippen LogP contribution in [-0.4, -0.2) is 15.5 Å². The summed E-state index contributed by atoms with van der Waals surface area (Å²) in [6.45, 7) is -0.0349. The van der Waals surface area contributed by atoms with Crippen molar-refractivity contribution in [3.8, 4) is 11.8 Å². The van der Waals surface area contributed by atoms with E-state index in [1.54, 1.807) is 48.5 Å². The van der Waals surface area contributed by atoms with E-state index >= 15 is 0 Å². The number of nitriles is 1. The van der Waals surface area contributed by atoms with Gasteiger partial charge < -0.3 is 15.2 Å². The highest BCUT2D eigenvalue weighted by Gasteiger charge is 2.47. The number of allylic oxidation sites excluding steroid dienone is 2. The lowest BCUT2D eigenvalue weighted by Gasteiger charge is -2.38. The highest BCUT2D eigenvalue weighted by Crippen LogP contribution is 2.51. The number of hydrogen-bond acceptors (Lipinski definition) is 6. The highest BCUT2D eigenvalue weighted by atomic mass is 32.2. The third kappa shape index (κ3) is 3.68. The van der Waals surface area contributed by atoms with Crippen molar-refractivity contribution in [3.63, 3.8) is 0 Å². The van der Waals surface area contributed by atoms with Gasteiger partial charge in [0.25, 0.3) is 10.0 Å². The topological polar surface area (TPSA) is 106 Å². The number of methoxy groups -OCH3 is 1. The number of fused-ring (bicyclic) bond motifs is 2. The van der Waals surface area contributed by atoms with Crippen molar-refractivity contribution < 1.29 is 22.3 Å². The fourth-order valence-corrected chi connectivity index (χ4v) is 6.28. The first-order valence-corrected chi connectivity index (χ1v) is 12.1. The molecule has 9 heteroatoms. The van der Waals surface area contributed by atoms with Gasteiger partial charge in [0, 0.05) is 5.56 Å². The van der Waals surface area contributed by atoms with Crippen molar-refractivity contribution in [1.29, 1.82) is 5.26 Å². The first-order valence-electron chi connectivity index (χ1n) is 10.7. The molecule has 3 aromatic rings. The zero-order valence-electron chi connectivity index (χ0n) is 18.6. The highest BCUT2D eigenvalue weighted by molar-refractivity contribution is 7.96. The smallest absolute Gasteiger partial charge is 0.265 e. The molecule has 2 aliphatic heterocycles. The monoisotopic (exact) mass is 489 g/mol. The van der Waals surface area contributed by atoms with Gasteiger partial charge in [-0.1, -0.05) is 36.4 Å². The first kappa shape index (κ1) is 22.5. The number of halogens is 1. The molecule has 2 aliphatic rings. The van der Waals surface area contributed by atoms with Crippen molar-refractivity contribution >= 4 is 21.5 Å². The van der Waals surface area contributed by atoms with E-state index in [1.807, 2.05) is 6.07 Å². The number of rotatable bonds is 4. The van der Waals surface area contributed by atoms with Gasteiger partial charge in [-0.15, -0.1) is 0 Å². The van der Waals surface area contributed by atoms with Crippen LogP contribution in [0.25, 0.3) is 5.76 Å². The van der Waals surface area contributed by atoms with Crippen LogP contribution in [0.5, 0.6) is 5.75 Å². The summed E-state index contributed by atoms with van der Waals surface area (Å²) < 4.78 is 54.1. The molecule has 0 aromatic heterocycles. The fraction of sp³-hybridized carbons (Fsp3) is 0.115. The number of ether oxygens (including phenoxy) is 2. The second kappa shape index (κ2) is 8.49.